The summed E-state index contributed by atoms with van der Waals surface area (Å²) in [5, 5.41) is 2.41. The van der Waals surface area contributed by atoms with Gasteiger partial charge in [-0.05, 0) is 30.3 Å². The second-order valence-corrected chi connectivity index (χ2v) is 5.37. The van der Waals surface area contributed by atoms with Crippen LogP contribution in [0.5, 0.6) is 5.75 Å². The summed E-state index contributed by atoms with van der Waals surface area (Å²) in [5.41, 5.74) is 0.0223. The highest BCUT2D eigenvalue weighted by Gasteiger charge is 2.15. The van der Waals surface area contributed by atoms with Crippen LogP contribution < -0.4 is 10.1 Å². The summed E-state index contributed by atoms with van der Waals surface area (Å²) in [6.45, 7) is 0.829. The Morgan fingerprint density at radius 3 is 2.46 bits per heavy atom. The van der Waals surface area contributed by atoms with Crippen LogP contribution in [0.3, 0.4) is 0 Å². The Hall–Kier alpha value is -3.22. The zero-order valence-electron chi connectivity index (χ0n) is 14.2. The van der Waals surface area contributed by atoms with E-state index in [1.807, 2.05) is 6.07 Å². The summed E-state index contributed by atoms with van der Waals surface area (Å²) in [6.07, 6.45) is -0.0356. The monoisotopic (exact) mass is 359 g/mol. The van der Waals surface area contributed by atoms with Crippen molar-refractivity contribution in [3.63, 3.8) is 0 Å². The maximum atomic E-state index is 13.9. The lowest BCUT2D eigenvalue weighted by Crippen LogP contribution is -2.17. The number of hydrogen-bond donors (Lipinski definition) is 1. The first-order valence-corrected chi connectivity index (χ1v) is 7.89. The van der Waals surface area contributed by atoms with Gasteiger partial charge < -0.3 is 14.8 Å². The Kier molecular flexibility index (Phi) is 6.84. The molecule has 0 atom stereocenters. The molecule has 0 spiro atoms. The molecular formula is C19H18FNO5. The quantitative estimate of drug-likeness (QED) is 0.579. The number of rotatable bonds is 8. The fourth-order valence-electron chi connectivity index (χ4n) is 2.09. The number of ether oxygens (including phenoxy) is 2. The Labute approximate surface area is 149 Å². The molecule has 1 amide bonds. The number of nitrogens with one attached hydrogen (secondary N) is 1. The number of halogens is 1. The number of hydrogen-bond acceptors (Lipinski definition) is 5. The summed E-state index contributed by atoms with van der Waals surface area (Å²) in [5.74, 6) is -1.82. The van der Waals surface area contributed by atoms with Crippen molar-refractivity contribution in [2.75, 3.05) is 18.5 Å². The van der Waals surface area contributed by atoms with E-state index in [9.17, 15) is 18.8 Å². The second kappa shape index (κ2) is 9.31. The van der Waals surface area contributed by atoms with E-state index in [2.05, 4.69) is 5.32 Å². The van der Waals surface area contributed by atoms with E-state index in [4.69, 9.17) is 9.47 Å². The molecule has 136 valence electrons. The highest BCUT2D eigenvalue weighted by Crippen LogP contribution is 2.15. The first kappa shape index (κ1) is 19.1. The summed E-state index contributed by atoms with van der Waals surface area (Å²) in [6, 6.07) is 12.6. The molecule has 0 radical (unpaired) electrons. The standard InChI is InChI=1S/C19H18FNO5/c1-13(22)21-14-7-8-16(17(20)11-14)18(23)12-26-19(24)9-10-25-15-5-3-2-4-6-15/h2-8,11H,9-10,12H2,1H3,(H,21,22). The molecule has 1 N–H and O–H groups in total. The third-order valence-electron chi connectivity index (χ3n) is 3.27. The van der Waals surface area contributed by atoms with E-state index in [0.29, 0.717) is 5.75 Å². The summed E-state index contributed by atoms with van der Waals surface area (Å²) in [4.78, 5) is 34.5. The smallest absolute Gasteiger partial charge is 0.309 e. The molecule has 0 unspecified atom stereocenters. The number of para-hydroxylation sites is 1. The molecule has 0 bridgehead atoms. The van der Waals surface area contributed by atoms with Crippen molar-refractivity contribution in [2.45, 2.75) is 13.3 Å². The van der Waals surface area contributed by atoms with Gasteiger partial charge in [-0.3, -0.25) is 14.4 Å². The van der Waals surface area contributed by atoms with E-state index in [-0.39, 0.29) is 30.2 Å². The summed E-state index contributed by atoms with van der Waals surface area (Å²) < 4.78 is 24.1. The highest BCUT2D eigenvalue weighted by molar-refractivity contribution is 5.99. The van der Waals surface area contributed by atoms with Crippen molar-refractivity contribution in [1.29, 1.82) is 0 Å². The molecule has 2 aromatic rings. The first-order chi connectivity index (χ1) is 12.5. The van der Waals surface area contributed by atoms with Gasteiger partial charge in [0.1, 0.15) is 11.6 Å². The molecule has 0 aromatic heterocycles. The van der Waals surface area contributed by atoms with Gasteiger partial charge in [-0.15, -0.1) is 0 Å². The molecule has 6 nitrogen and oxygen atoms in total. The van der Waals surface area contributed by atoms with Gasteiger partial charge in [0, 0.05) is 12.6 Å². The molecule has 0 aliphatic rings. The molecule has 0 aliphatic heterocycles. The van der Waals surface area contributed by atoms with Crippen LogP contribution in [0.2, 0.25) is 0 Å². The molecule has 2 rings (SSSR count). The molecule has 0 aliphatic carbocycles. The Balaban J connectivity index is 1.78. The summed E-state index contributed by atoms with van der Waals surface area (Å²) in [7, 11) is 0. The fraction of sp³-hybridized carbons (Fsp3) is 0.211. The maximum Gasteiger partial charge on any atom is 0.309 e. The Morgan fingerprint density at radius 2 is 1.81 bits per heavy atom. The van der Waals surface area contributed by atoms with Crippen LogP contribution in [0.4, 0.5) is 10.1 Å². The highest BCUT2D eigenvalue weighted by atomic mass is 19.1. The van der Waals surface area contributed by atoms with E-state index in [1.165, 1.54) is 19.1 Å². The average molecular weight is 359 g/mol. The van der Waals surface area contributed by atoms with Crippen molar-refractivity contribution >= 4 is 23.3 Å². The molecular weight excluding hydrogens is 341 g/mol. The van der Waals surface area contributed by atoms with Crippen LogP contribution in [0, 0.1) is 5.82 Å². The molecule has 2 aromatic carbocycles. The molecule has 26 heavy (non-hydrogen) atoms. The number of carbonyl (C=O) groups excluding carboxylic acids is 3. The number of anilines is 1. The molecule has 0 saturated carbocycles. The van der Waals surface area contributed by atoms with Gasteiger partial charge in [0.15, 0.2) is 6.61 Å². The van der Waals surface area contributed by atoms with Crippen molar-refractivity contribution in [3.05, 3.63) is 59.9 Å². The predicted octanol–water partition coefficient (Wildman–Crippen LogP) is 2.98. The van der Waals surface area contributed by atoms with Gasteiger partial charge in [0.25, 0.3) is 0 Å². The minimum Gasteiger partial charge on any atom is -0.493 e. The average Bonchev–Trinajstić information content (AvgIpc) is 2.60. The van der Waals surface area contributed by atoms with Crippen LogP contribution in [-0.4, -0.2) is 30.9 Å². The lowest BCUT2D eigenvalue weighted by molar-refractivity contribution is -0.143. The van der Waals surface area contributed by atoms with Gasteiger partial charge in [0.2, 0.25) is 11.7 Å². The number of esters is 1. The van der Waals surface area contributed by atoms with Crippen LogP contribution in [0.25, 0.3) is 0 Å². The third kappa shape index (κ3) is 6.01. The van der Waals surface area contributed by atoms with E-state index in [1.54, 1.807) is 24.3 Å². The molecule has 0 heterocycles. The Bertz CT molecular complexity index is 792. The Morgan fingerprint density at radius 1 is 1.08 bits per heavy atom. The van der Waals surface area contributed by atoms with Gasteiger partial charge in [-0.25, -0.2) is 4.39 Å². The normalized spacial score (nSPS) is 10.1. The largest absolute Gasteiger partial charge is 0.493 e. The van der Waals surface area contributed by atoms with Crippen molar-refractivity contribution in [1.82, 2.24) is 0 Å². The van der Waals surface area contributed by atoms with Gasteiger partial charge in [-0.2, -0.15) is 0 Å². The minimum atomic E-state index is -0.801. The van der Waals surface area contributed by atoms with Crippen LogP contribution >= 0.6 is 0 Å². The predicted molar refractivity (Wildman–Crippen MR) is 92.5 cm³/mol. The van der Waals surface area contributed by atoms with E-state index in [0.717, 1.165) is 6.07 Å². The van der Waals surface area contributed by atoms with Crippen molar-refractivity contribution < 1.29 is 28.2 Å². The lowest BCUT2D eigenvalue weighted by atomic mass is 10.1. The number of benzene rings is 2. The molecule has 7 heteroatoms. The SMILES string of the molecule is CC(=O)Nc1ccc(C(=O)COC(=O)CCOc2ccccc2)c(F)c1. The molecule has 0 fully saturated rings. The first-order valence-electron chi connectivity index (χ1n) is 7.89. The van der Waals surface area contributed by atoms with E-state index >= 15 is 0 Å². The maximum absolute atomic E-state index is 13.9. The zero-order valence-corrected chi connectivity index (χ0v) is 14.2. The third-order valence-corrected chi connectivity index (χ3v) is 3.27. The van der Waals surface area contributed by atoms with Crippen molar-refractivity contribution in [3.8, 4) is 5.75 Å². The number of amides is 1. The minimum absolute atomic E-state index is 0.0356. The van der Waals surface area contributed by atoms with Crippen molar-refractivity contribution in [2.24, 2.45) is 0 Å². The van der Waals surface area contributed by atoms with Crippen LogP contribution in [0.15, 0.2) is 48.5 Å². The fourth-order valence-corrected chi connectivity index (χ4v) is 2.09. The lowest BCUT2D eigenvalue weighted by Gasteiger charge is -2.08. The van der Waals surface area contributed by atoms with Gasteiger partial charge >= 0.3 is 5.97 Å². The van der Waals surface area contributed by atoms with Crippen LogP contribution in [-0.2, 0) is 14.3 Å². The topological polar surface area (TPSA) is 81.7 Å². The van der Waals surface area contributed by atoms with E-state index < -0.39 is 24.2 Å². The number of ketones is 1. The van der Waals surface area contributed by atoms with Gasteiger partial charge in [0.05, 0.1) is 18.6 Å². The van der Waals surface area contributed by atoms with Crippen LogP contribution in [0.1, 0.15) is 23.7 Å². The number of carbonyl (C=O) groups is 3. The second-order valence-electron chi connectivity index (χ2n) is 5.37. The summed E-state index contributed by atoms with van der Waals surface area (Å²) >= 11 is 0. The number of Topliss-reactive ketones (excluding diaryl/α,β-unsaturated/α-hetero) is 1. The van der Waals surface area contributed by atoms with Gasteiger partial charge in [-0.1, -0.05) is 18.2 Å². The molecule has 0 saturated heterocycles. The zero-order chi connectivity index (χ0) is 18.9.